The highest BCUT2D eigenvalue weighted by Crippen LogP contribution is 2.26. The molecule has 1 aliphatic heterocycles. The maximum atomic E-state index is 11.8. The van der Waals surface area contributed by atoms with Crippen LogP contribution in [0.2, 0.25) is 0 Å². The zero-order valence-corrected chi connectivity index (χ0v) is 17.7. The van der Waals surface area contributed by atoms with Gasteiger partial charge in [-0.15, -0.1) is 0 Å². The van der Waals surface area contributed by atoms with Gasteiger partial charge in [-0.25, -0.2) is 4.99 Å². The number of aryl methyl sites for hydroxylation is 1. The van der Waals surface area contributed by atoms with Crippen LogP contribution < -0.4 is 10.6 Å². The smallest absolute Gasteiger partial charge is 0.224 e. The summed E-state index contributed by atoms with van der Waals surface area (Å²) in [7, 11) is 1.96. The number of aromatic nitrogens is 2. The van der Waals surface area contributed by atoms with Crippen LogP contribution in [0.15, 0.2) is 41.7 Å². The molecule has 0 bridgehead atoms. The lowest BCUT2D eigenvalue weighted by molar-refractivity contribution is -0.116. The zero-order valence-electron chi connectivity index (χ0n) is 17.7. The fourth-order valence-electron chi connectivity index (χ4n) is 3.67. The van der Waals surface area contributed by atoms with Crippen molar-refractivity contribution in [3.05, 3.63) is 47.8 Å². The number of benzene rings is 1. The molecule has 0 radical (unpaired) electrons. The second kappa shape index (κ2) is 10.1. The van der Waals surface area contributed by atoms with Crippen molar-refractivity contribution in [2.75, 3.05) is 25.0 Å². The number of anilines is 1. The number of hydrogen-bond donors (Lipinski definition) is 2. The van der Waals surface area contributed by atoms with Crippen LogP contribution in [0.4, 0.5) is 5.69 Å². The molecular weight excluding hydrogens is 364 g/mol. The summed E-state index contributed by atoms with van der Waals surface area (Å²) in [4.78, 5) is 19.0. The molecule has 1 aromatic carbocycles. The van der Waals surface area contributed by atoms with Crippen LogP contribution in [0.3, 0.4) is 0 Å². The van der Waals surface area contributed by atoms with Crippen LogP contribution >= 0.6 is 0 Å². The largest absolute Gasteiger partial charge is 0.357 e. The normalized spacial score (nSPS) is 16.9. The van der Waals surface area contributed by atoms with E-state index < -0.39 is 0 Å². The third-order valence-electron chi connectivity index (χ3n) is 5.12. The molecule has 2 heterocycles. The minimum Gasteiger partial charge on any atom is -0.357 e. The van der Waals surface area contributed by atoms with Gasteiger partial charge >= 0.3 is 0 Å². The molecule has 1 unspecified atom stereocenters. The van der Waals surface area contributed by atoms with E-state index in [0.29, 0.717) is 18.9 Å². The molecule has 29 heavy (non-hydrogen) atoms. The van der Waals surface area contributed by atoms with Gasteiger partial charge in [0.1, 0.15) is 0 Å². The fraction of sp³-hybridized carbons (Fsp3) is 0.500. The molecule has 0 aliphatic carbocycles. The first-order chi connectivity index (χ1) is 14.1. The molecule has 0 saturated carbocycles. The van der Waals surface area contributed by atoms with Crippen LogP contribution in [0.25, 0.3) is 0 Å². The summed E-state index contributed by atoms with van der Waals surface area (Å²) in [5.74, 6) is 1.49. The third-order valence-corrected chi connectivity index (χ3v) is 5.12. The average Bonchev–Trinajstić information content (AvgIpc) is 3.35. The van der Waals surface area contributed by atoms with Gasteiger partial charge in [0, 0.05) is 50.9 Å². The highest BCUT2D eigenvalue weighted by atomic mass is 16.1. The number of aliphatic imine (C=N–C) groups is 1. The number of nitrogens with one attached hydrogen (secondary N) is 2. The molecule has 1 fully saturated rings. The number of carbonyl (C=O) groups is 1. The molecular formula is C22H32N6O. The molecule has 1 atom stereocenters. The van der Waals surface area contributed by atoms with Gasteiger partial charge in [-0.3, -0.25) is 9.48 Å². The summed E-state index contributed by atoms with van der Waals surface area (Å²) < 4.78 is 1.86. The lowest BCUT2D eigenvalue weighted by Crippen LogP contribution is -2.40. The van der Waals surface area contributed by atoms with Crippen molar-refractivity contribution in [2.24, 2.45) is 12.0 Å². The molecule has 1 aliphatic rings. The summed E-state index contributed by atoms with van der Waals surface area (Å²) >= 11 is 0. The minimum absolute atomic E-state index is 0.0556. The Bertz CT molecular complexity index is 843. The van der Waals surface area contributed by atoms with E-state index in [1.807, 2.05) is 49.1 Å². The van der Waals surface area contributed by atoms with E-state index in [2.05, 4.69) is 33.8 Å². The number of likely N-dealkylation sites (tertiary alicyclic amines) is 1. The Morgan fingerprint density at radius 1 is 1.34 bits per heavy atom. The van der Waals surface area contributed by atoms with Crippen molar-refractivity contribution >= 4 is 17.6 Å². The predicted molar refractivity (Wildman–Crippen MR) is 117 cm³/mol. The van der Waals surface area contributed by atoms with Crippen LogP contribution in [-0.4, -0.2) is 46.2 Å². The van der Waals surface area contributed by atoms with Crippen molar-refractivity contribution in [1.29, 1.82) is 0 Å². The van der Waals surface area contributed by atoms with E-state index in [0.717, 1.165) is 49.7 Å². The first-order valence-corrected chi connectivity index (χ1v) is 10.5. The van der Waals surface area contributed by atoms with Gasteiger partial charge in [-0.2, -0.15) is 5.10 Å². The zero-order chi connectivity index (χ0) is 20.6. The van der Waals surface area contributed by atoms with Crippen molar-refractivity contribution in [2.45, 2.75) is 45.6 Å². The lowest BCUT2D eigenvalue weighted by atomic mass is 10.0. The maximum absolute atomic E-state index is 11.8. The summed E-state index contributed by atoms with van der Waals surface area (Å²) in [5, 5.41) is 10.7. The summed E-state index contributed by atoms with van der Waals surface area (Å²) in [6, 6.07) is 7.94. The number of carbonyl (C=O) groups excluding carboxylic acids is 1. The number of hydrogen-bond acceptors (Lipinski definition) is 3. The van der Waals surface area contributed by atoms with E-state index in [-0.39, 0.29) is 5.91 Å². The average molecular weight is 397 g/mol. The minimum atomic E-state index is 0.0556. The van der Waals surface area contributed by atoms with E-state index in [9.17, 15) is 4.79 Å². The molecule has 7 nitrogen and oxygen atoms in total. The second-order valence-electron chi connectivity index (χ2n) is 7.55. The Hall–Kier alpha value is -2.83. The monoisotopic (exact) mass is 396 g/mol. The van der Waals surface area contributed by atoms with Crippen LogP contribution in [-0.2, 0) is 18.4 Å². The molecule has 1 amide bonds. The van der Waals surface area contributed by atoms with Crippen LogP contribution in [0.5, 0.6) is 0 Å². The Labute approximate surface area is 173 Å². The van der Waals surface area contributed by atoms with Gasteiger partial charge in [0.15, 0.2) is 5.96 Å². The highest BCUT2D eigenvalue weighted by molar-refractivity contribution is 5.90. The molecule has 1 aromatic heterocycles. The lowest BCUT2D eigenvalue weighted by Gasteiger charge is -2.21. The van der Waals surface area contributed by atoms with Gasteiger partial charge in [-0.05, 0) is 43.0 Å². The topological polar surface area (TPSA) is 74.6 Å². The molecule has 156 valence electrons. The molecule has 7 heteroatoms. The van der Waals surface area contributed by atoms with E-state index >= 15 is 0 Å². The Balaban J connectivity index is 1.64. The Morgan fingerprint density at radius 2 is 2.21 bits per heavy atom. The molecule has 3 rings (SSSR count). The first-order valence-electron chi connectivity index (χ1n) is 10.5. The Kier molecular flexibility index (Phi) is 7.27. The van der Waals surface area contributed by atoms with Gasteiger partial charge in [0.05, 0.1) is 12.7 Å². The van der Waals surface area contributed by atoms with Gasteiger partial charge in [-0.1, -0.05) is 19.1 Å². The molecule has 1 saturated heterocycles. The highest BCUT2D eigenvalue weighted by Gasteiger charge is 2.26. The van der Waals surface area contributed by atoms with Crippen molar-refractivity contribution in [3.63, 3.8) is 0 Å². The molecule has 2 aromatic rings. The standard InChI is InChI=1S/C22H32N6O/c1-4-7-21(29)26-20-9-6-8-17(12-20)13-24-22(23-5-2)28-11-10-18(16-28)19-14-25-27(3)15-19/h6,8-9,12,14-15,18H,4-5,7,10-11,13,16H2,1-3H3,(H,23,24)(H,26,29). The Morgan fingerprint density at radius 3 is 2.93 bits per heavy atom. The van der Waals surface area contributed by atoms with Crippen molar-refractivity contribution in [3.8, 4) is 0 Å². The molecule has 0 spiro atoms. The van der Waals surface area contributed by atoms with Gasteiger partial charge in [0.2, 0.25) is 5.91 Å². The van der Waals surface area contributed by atoms with Gasteiger partial charge in [0.25, 0.3) is 0 Å². The number of amides is 1. The molecule has 2 N–H and O–H groups in total. The summed E-state index contributed by atoms with van der Waals surface area (Å²) in [5.41, 5.74) is 3.21. The van der Waals surface area contributed by atoms with Gasteiger partial charge < -0.3 is 15.5 Å². The van der Waals surface area contributed by atoms with Crippen molar-refractivity contribution in [1.82, 2.24) is 20.0 Å². The first kappa shape index (κ1) is 20.9. The number of guanidine groups is 1. The van der Waals surface area contributed by atoms with Crippen LogP contribution in [0.1, 0.15) is 50.2 Å². The number of rotatable bonds is 7. The predicted octanol–water partition coefficient (Wildman–Crippen LogP) is 3.11. The maximum Gasteiger partial charge on any atom is 0.224 e. The fourth-order valence-corrected chi connectivity index (χ4v) is 3.67. The van der Waals surface area contributed by atoms with E-state index in [1.165, 1.54) is 5.56 Å². The quantitative estimate of drug-likeness (QED) is 0.557. The third kappa shape index (κ3) is 5.82. The summed E-state index contributed by atoms with van der Waals surface area (Å²) in [6.45, 7) is 7.44. The SMILES string of the molecule is CCCC(=O)Nc1cccc(CN=C(NCC)N2CCC(c3cnn(C)c3)C2)c1. The van der Waals surface area contributed by atoms with E-state index in [4.69, 9.17) is 4.99 Å². The second-order valence-corrected chi connectivity index (χ2v) is 7.55. The van der Waals surface area contributed by atoms with Crippen molar-refractivity contribution < 1.29 is 4.79 Å². The summed E-state index contributed by atoms with van der Waals surface area (Å²) in [6.07, 6.45) is 6.57. The van der Waals surface area contributed by atoms with E-state index in [1.54, 1.807) is 0 Å². The van der Waals surface area contributed by atoms with Crippen LogP contribution in [0, 0.1) is 0 Å². The number of nitrogens with zero attached hydrogens (tertiary/aromatic N) is 4.